The number of carbonyl (C=O) groups excluding carboxylic acids is 1. The zero-order chi connectivity index (χ0) is 16.9. The minimum Gasteiger partial charge on any atom is -0.493 e. The number of para-hydroxylation sites is 1. The number of hydrogen-bond acceptors (Lipinski definition) is 5. The first-order chi connectivity index (χ1) is 11.7. The highest BCUT2D eigenvalue weighted by Gasteiger charge is 2.32. The number of anilines is 1. The molecule has 0 N–H and O–H groups in total. The molecule has 5 heteroatoms. The van der Waals surface area contributed by atoms with Crippen LogP contribution in [0.4, 0.5) is 5.69 Å². The molecular formula is C19H20N2O3. The molecule has 1 aliphatic rings. The number of rotatable bonds is 6. The normalized spacial score (nSPS) is 13.8. The van der Waals surface area contributed by atoms with Gasteiger partial charge < -0.3 is 9.47 Å². The maximum atomic E-state index is 11.8. The molecule has 124 valence electrons. The third kappa shape index (κ3) is 3.93. The molecule has 2 aromatic carbocycles. The molecule has 0 unspecified atom stereocenters. The van der Waals surface area contributed by atoms with E-state index in [-0.39, 0.29) is 11.9 Å². The van der Waals surface area contributed by atoms with Gasteiger partial charge in [-0.2, -0.15) is 5.10 Å². The summed E-state index contributed by atoms with van der Waals surface area (Å²) in [5.41, 5.74) is 1.86. The average molecular weight is 324 g/mol. The SMILES string of the molecule is COc1cc(/C=N\N(C)c2ccccc2)ccc1OC(=O)C1CC1. The van der Waals surface area contributed by atoms with E-state index in [9.17, 15) is 4.79 Å². The summed E-state index contributed by atoms with van der Waals surface area (Å²) >= 11 is 0. The topological polar surface area (TPSA) is 51.1 Å². The molecule has 0 atom stereocenters. The van der Waals surface area contributed by atoms with E-state index in [0.717, 1.165) is 24.1 Å². The third-order valence-electron chi connectivity index (χ3n) is 3.82. The van der Waals surface area contributed by atoms with Gasteiger partial charge in [-0.1, -0.05) is 18.2 Å². The summed E-state index contributed by atoms with van der Waals surface area (Å²) in [6, 6.07) is 15.3. The minimum atomic E-state index is -0.182. The molecule has 1 fully saturated rings. The lowest BCUT2D eigenvalue weighted by atomic mass is 10.2. The zero-order valence-electron chi connectivity index (χ0n) is 13.8. The third-order valence-corrected chi connectivity index (χ3v) is 3.82. The van der Waals surface area contributed by atoms with Gasteiger partial charge in [0.1, 0.15) is 0 Å². The van der Waals surface area contributed by atoms with Crippen molar-refractivity contribution in [3.63, 3.8) is 0 Å². The molecule has 5 nitrogen and oxygen atoms in total. The second kappa shape index (κ2) is 7.17. The highest BCUT2D eigenvalue weighted by atomic mass is 16.6. The molecule has 2 aromatic rings. The summed E-state index contributed by atoms with van der Waals surface area (Å²) in [7, 11) is 3.44. The fourth-order valence-electron chi connectivity index (χ4n) is 2.22. The number of hydrogen-bond donors (Lipinski definition) is 0. The molecule has 3 rings (SSSR count). The summed E-state index contributed by atoms with van der Waals surface area (Å²) in [5, 5.41) is 6.20. The first kappa shape index (κ1) is 16.1. The van der Waals surface area contributed by atoms with Crippen molar-refractivity contribution in [2.45, 2.75) is 12.8 Å². The van der Waals surface area contributed by atoms with Crippen LogP contribution in [0.25, 0.3) is 0 Å². The molecule has 0 amide bonds. The zero-order valence-corrected chi connectivity index (χ0v) is 13.8. The Labute approximate surface area is 141 Å². The Kier molecular flexibility index (Phi) is 4.79. The van der Waals surface area contributed by atoms with Crippen molar-refractivity contribution in [1.82, 2.24) is 0 Å². The number of esters is 1. The van der Waals surface area contributed by atoms with Gasteiger partial charge in [-0.25, -0.2) is 0 Å². The van der Waals surface area contributed by atoms with Crippen LogP contribution in [0.15, 0.2) is 53.6 Å². The molecule has 0 aliphatic heterocycles. The van der Waals surface area contributed by atoms with E-state index in [4.69, 9.17) is 9.47 Å². The molecule has 1 saturated carbocycles. The lowest BCUT2D eigenvalue weighted by Crippen LogP contribution is -2.11. The maximum Gasteiger partial charge on any atom is 0.314 e. The van der Waals surface area contributed by atoms with Crippen molar-refractivity contribution in [3.05, 3.63) is 54.1 Å². The van der Waals surface area contributed by atoms with Crippen molar-refractivity contribution in [2.24, 2.45) is 11.0 Å². The van der Waals surface area contributed by atoms with Crippen LogP contribution in [0.5, 0.6) is 11.5 Å². The van der Waals surface area contributed by atoms with Crippen LogP contribution in [-0.4, -0.2) is 26.3 Å². The van der Waals surface area contributed by atoms with Crippen LogP contribution < -0.4 is 14.5 Å². The number of methoxy groups -OCH3 is 1. The number of hydrazone groups is 1. The van der Waals surface area contributed by atoms with E-state index >= 15 is 0 Å². The van der Waals surface area contributed by atoms with Gasteiger partial charge in [-0.15, -0.1) is 0 Å². The van der Waals surface area contributed by atoms with Crippen molar-refractivity contribution in [1.29, 1.82) is 0 Å². The van der Waals surface area contributed by atoms with Gasteiger partial charge in [-0.05, 0) is 48.7 Å². The van der Waals surface area contributed by atoms with Crippen molar-refractivity contribution >= 4 is 17.9 Å². The lowest BCUT2D eigenvalue weighted by molar-refractivity contribution is -0.135. The second-order valence-electron chi connectivity index (χ2n) is 5.71. The fraction of sp³-hybridized carbons (Fsp3) is 0.263. The van der Waals surface area contributed by atoms with E-state index in [1.807, 2.05) is 43.4 Å². The Bertz CT molecular complexity index is 740. The first-order valence-corrected chi connectivity index (χ1v) is 7.90. The summed E-state index contributed by atoms with van der Waals surface area (Å²) in [6.45, 7) is 0. The van der Waals surface area contributed by atoms with Gasteiger partial charge in [-0.3, -0.25) is 9.80 Å². The van der Waals surface area contributed by atoms with E-state index in [0.29, 0.717) is 11.5 Å². The number of carbonyl (C=O) groups is 1. The Morgan fingerprint density at radius 3 is 2.58 bits per heavy atom. The molecule has 0 aromatic heterocycles. The number of benzene rings is 2. The quantitative estimate of drug-likeness (QED) is 0.353. The van der Waals surface area contributed by atoms with Gasteiger partial charge in [0.05, 0.1) is 24.9 Å². The summed E-state index contributed by atoms with van der Waals surface area (Å²) in [6.07, 6.45) is 3.57. The average Bonchev–Trinajstić information content (AvgIpc) is 3.46. The monoisotopic (exact) mass is 324 g/mol. The number of nitrogens with zero attached hydrogens (tertiary/aromatic N) is 2. The molecule has 24 heavy (non-hydrogen) atoms. The summed E-state index contributed by atoms with van der Waals surface area (Å²) in [4.78, 5) is 11.8. The fourth-order valence-corrected chi connectivity index (χ4v) is 2.22. The Morgan fingerprint density at radius 2 is 1.92 bits per heavy atom. The van der Waals surface area contributed by atoms with Crippen LogP contribution in [-0.2, 0) is 4.79 Å². The second-order valence-corrected chi connectivity index (χ2v) is 5.71. The van der Waals surface area contributed by atoms with E-state index in [2.05, 4.69) is 5.10 Å². The predicted molar refractivity (Wildman–Crippen MR) is 93.8 cm³/mol. The highest BCUT2D eigenvalue weighted by Crippen LogP contribution is 2.34. The molecule has 0 saturated heterocycles. The van der Waals surface area contributed by atoms with Crippen molar-refractivity contribution < 1.29 is 14.3 Å². The molecular weight excluding hydrogens is 304 g/mol. The number of ether oxygens (including phenoxy) is 2. The molecule has 0 radical (unpaired) electrons. The van der Waals surface area contributed by atoms with Gasteiger partial charge in [0.15, 0.2) is 11.5 Å². The van der Waals surface area contributed by atoms with Gasteiger partial charge in [0.25, 0.3) is 0 Å². The van der Waals surface area contributed by atoms with Gasteiger partial charge >= 0.3 is 5.97 Å². The predicted octanol–water partition coefficient (Wildman–Crippen LogP) is 3.48. The van der Waals surface area contributed by atoms with Crippen LogP contribution >= 0.6 is 0 Å². The Hall–Kier alpha value is -2.82. The molecule has 0 spiro atoms. The van der Waals surface area contributed by atoms with E-state index in [1.54, 1.807) is 30.5 Å². The van der Waals surface area contributed by atoms with Crippen LogP contribution in [0.2, 0.25) is 0 Å². The molecule has 1 aliphatic carbocycles. The summed E-state index contributed by atoms with van der Waals surface area (Å²) < 4.78 is 10.7. The molecule has 0 heterocycles. The van der Waals surface area contributed by atoms with E-state index in [1.165, 1.54) is 0 Å². The standard InChI is InChI=1S/C19H20N2O3/c1-21(16-6-4-3-5-7-16)20-13-14-8-11-17(18(12-14)23-2)24-19(22)15-9-10-15/h3-8,11-13,15H,9-10H2,1-2H3/b20-13-. The summed E-state index contributed by atoms with van der Waals surface area (Å²) in [5.74, 6) is 0.840. The minimum absolute atomic E-state index is 0.0514. The maximum absolute atomic E-state index is 11.8. The highest BCUT2D eigenvalue weighted by molar-refractivity contribution is 5.83. The lowest BCUT2D eigenvalue weighted by Gasteiger charge is -2.13. The van der Waals surface area contributed by atoms with Crippen LogP contribution in [0.3, 0.4) is 0 Å². The van der Waals surface area contributed by atoms with Gasteiger partial charge in [0.2, 0.25) is 0 Å². The van der Waals surface area contributed by atoms with Crippen molar-refractivity contribution in [3.8, 4) is 11.5 Å². The van der Waals surface area contributed by atoms with Crippen LogP contribution in [0, 0.1) is 5.92 Å². The van der Waals surface area contributed by atoms with Gasteiger partial charge in [0, 0.05) is 7.05 Å². The molecule has 0 bridgehead atoms. The van der Waals surface area contributed by atoms with E-state index < -0.39 is 0 Å². The first-order valence-electron chi connectivity index (χ1n) is 7.90. The smallest absolute Gasteiger partial charge is 0.314 e. The Balaban J connectivity index is 1.71. The largest absolute Gasteiger partial charge is 0.493 e. The van der Waals surface area contributed by atoms with Crippen molar-refractivity contribution in [2.75, 3.05) is 19.2 Å². The Morgan fingerprint density at radius 1 is 1.17 bits per heavy atom. The van der Waals surface area contributed by atoms with Crippen LogP contribution in [0.1, 0.15) is 18.4 Å².